The Kier molecular flexibility index (Phi) is 6.22. The maximum absolute atomic E-state index is 13.1. The highest BCUT2D eigenvalue weighted by Gasteiger charge is 2.39. The summed E-state index contributed by atoms with van der Waals surface area (Å²) in [6.45, 7) is 3.74. The Morgan fingerprint density at radius 2 is 1.55 bits per heavy atom. The van der Waals surface area contributed by atoms with Crippen molar-refractivity contribution in [1.82, 2.24) is 0 Å². The Balaban J connectivity index is 1.56. The first kappa shape index (κ1) is 22.6. The van der Waals surface area contributed by atoms with Gasteiger partial charge in [0.2, 0.25) is 0 Å². The SMILES string of the molecule is Cc1cccc(N2C(=O)C(Cl)=C(Nc3cccc(C(=O)Nc4cccc(Cl)c4)c3)C2=O)c1C. The first-order valence-corrected chi connectivity index (χ1v) is 10.8. The Morgan fingerprint density at radius 3 is 2.30 bits per heavy atom. The number of imide groups is 1. The third-order valence-electron chi connectivity index (χ3n) is 5.32. The summed E-state index contributed by atoms with van der Waals surface area (Å²) in [5, 5.41) is 5.96. The summed E-state index contributed by atoms with van der Waals surface area (Å²) in [7, 11) is 0. The van der Waals surface area contributed by atoms with Crippen LogP contribution in [0, 0.1) is 13.8 Å². The molecule has 3 amide bonds. The van der Waals surface area contributed by atoms with Gasteiger partial charge in [-0.2, -0.15) is 0 Å². The van der Waals surface area contributed by atoms with Crippen molar-refractivity contribution in [2.75, 3.05) is 15.5 Å². The van der Waals surface area contributed by atoms with E-state index in [0.29, 0.717) is 27.6 Å². The Bertz CT molecular complexity index is 1330. The molecule has 0 spiro atoms. The zero-order valence-electron chi connectivity index (χ0n) is 17.8. The molecular formula is C25H19Cl2N3O3. The molecule has 1 aliphatic heterocycles. The second kappa shape index (κ2) is 9.10. The molecule has 1 aliphatic rings. The molecule has 8 heteroatoms. The lowest BCUT2D eigenvalue weighted by atomic mass is 10.1. The third-order valence-corrected chi connectivity index (χ3v) is 5.91. The zero-order valence-corrected chi connectivity index (χ0v) is 19.3. The van der Waals surface area contributed by atoms with Gasteiger partial charge in [-0.3, -0.25) is 14.4 Å². The number of amides is 3. The van der Waals surface area contributed by atoms with Gasteiger partial charge in [0.25, 0.3) is 17.7 Å². The number of hydrogen-bond acceptors (Lipinski definition) is 4. The van der Waals surface area contributed by atoms with Crippen molar-refractivity contribution in [3.8, 4) is 0 Å². The number of rotatable bonds is 5. The minimum Gasteiger partial charge on any atom is -0.350 e. The molecule has 2 N–H and O–H groups in total. The van der Waals surface area contributed by atoms with E-state index >= 15 is 0 Å². The smallest absolute Gasteiger partial charge is 0.283 e. The van der Waals surface area contributed by atoms with Crippen molar-refractivity contribution < 1.29 is 14.4 Å². The quantitative estimate of drug-likeness (QED) is 0.463. The van der Waals surface area contributed by atoms with Gasteiger partial charge in [0.15, 0.2) is 0 Å². The minimum absolute atomic E-state index is 0.0463. The highest BCUT2D eigenvalue weighted by atomic mass is 35.5. The molecule has 0 fully saturated rings. The van der Waals surface area contributed by atoms with Gasteiger partial charge in [-0.1, -0.05) is 47.5 Å². The normalized spacial score (nSPS) is 13.5. The number of benzene rings is 3. The summed E-state index contributed by atoms with van der Waals surface area (Å²) in [6, 6.07) is 18.7. The molecule has 33 heavy (non-hydrogen) atoms. The third kappa shape index (κ3) is 4.49. The molecule has 0 bridgehead atoms. The van der Waals surface area contributed by atoms with Crippen molar-refractivity contribution in [3.63, 3.8) is 0 Å². The molecular weight excluding hydrogens is 461 g/mol. The van der Waals surface area contributed by atoms with E-state index in [9.17, 15) is 14.4 Å². The van der Waals surface area contributed by atoms with Crippen molar-refractivity contribution in [2.45, 2.75) is 13.8 Å². The van der Waals surface area contributed by atoms with E-state index in [1.54, 1.807) is 60.7 Å². The van der Waals surface area contributed by atoms with Crippen LogP contribution in [0.2, 0.25) is 5.02 Å². The number of aryl methyl sites for hydroxylation is 1. The zero-order chi connectivity index (χ0) is 23.7. The molecule has 0 radical (unpaired) electrons. The van der Waals surface area contributed by atoms with Gasteiger partial charge in [-0.25, -0.2) is 4.90 Å². The van der Waals surface area contributed by atoms with Crippen LogP contribution < -0.4 is 15.5 Å². The molecule has 0 aromatic heterocycles. The second-order valence-electron chi connectivity index (χ2n) is 7.52. The molecule has 6 nitrogen and oxygen atoms in total. The lowest BCUT2D eigenvalue weighted by Crippen LogP contribution is -2.33. The number of halogens is 2. The van der Waals surface area contributed by atoms with E-state index in [1.165, 1.54) is 0 Å². The lowest BCUT2D eigenvalue weighted by Gasteiger charge is -2.18. The van der Waals surface area contributed by atoms with Crippen molar-refractivity contribution in [2.24, 2.45) is 0 Å². The van der Waals surface area contributed by atoms with Crippen LogP contribution in [-0.2, 0) is 9.59 Å². The summed E-state index contributed by atoms with van der Waals surface area (Å²) in [5.74, 6) is -1.52. The minimum atomic E-state index is -0.604. The first-order valence-electron chi connectivity index (χ1n) is 10.0. The Labute approximate surface area is 200 Å². The number of nitrogens with zero attached hydrogens (tertiary/aromatic N) is 1. The average molecular weight is 480 g/mol. The van der Waals surface area contributed by atoms with Crippen LogP contribution in [0.1, 0.15) is 21.5 Å². The molecule has 3 aromatic rings. The van der Waals surface area contributed by atoms with E-state index in [4.69, 9.17) is 23.2 Å². The maximum Gasteiger partial charge on any atom is 0.283 e. The van der Waals surface area contributed by atoms with Crippen LogP contribution >= 0.6 is 23.2 Å². The van der Waals surface area contributed by atoms with Gasteiger partial charge < -0.3 is 10.6 Å². The summed E-state index contributed by atoms with van der Waals surface area (Å²) < 4.78 is 0. The number of hydrogen-bond donors (Lipinski definition) is 2. The van der Waals surface area contributed by atoms with Crippen LogP contribution in [0.3, 0.4) is 0 Å². The van der Waals surface area contributed by atoms with Crippen LogP contribution in [0.5, 0.6) is 0 Å². The number of carbonyl (C=O) groups is 3. The van der Waals surface area contributed by atoms with Crippen molar-refractivity contribution in [3.05, 3.63) is 99.2 Å². The summed E-state index contributed by atoms with van der Waals surface area (Å²) in [4.78, 5) is 39.6. The number of nitrogens with one attached hydrogen (secondary N) is 2. The van der Waals surface area contributed by atoms with Gasteiger partial charge >= 0.3 is 0 Å². The monoisotopic (exact) mass is 479 g/mol. The first-order chi connectivity index (χ1) is 15.8. The summed E-state index contributed by atoms with van der Waals surface area (Å²) >= 11 is 12.2. The van der Waals surface area contributed by atoms with Gasteiger partial charge in [0.05, 0.1) is 5.69 Å². The predicted molar refractivity (Wildman–Crippen MR) is 131 cm³/mol. The fraction of sp³-hybridized carbons (Fsp3) is 0.0800. The molecule has 0 aliphatic carbocycles. The molecule has 4 rings (SSSR count). The van der Waals surface area contributed by atoms with Crippen molar-refractivity contribution >= 4 is 58.0 Å². The van der Waals surface area contributed by atoms with Crippen LogP contribution in [0.25, 0.3) is 0 Å². The molecule has 0 unspecified atom stereocenters. The Hall–Kier alpha value is -3.61. The van der Waals surface area contributed by atoms with Gasteiger partial charge in [-0.05, 0) is 67.4 Å². The molecule has 0 saturated carbocycles. The van der Waals surface area contributed by atoms with E-state index in [1.807, 2.05) is 19.9 Å². The van der Waals surface area contributed by atoms with E-state index < -0.39 is 11.8 Å². The van der Waals surface area contributed by atoms with Gasteiger partial charge in [0, 0.05) is 22.0 Å². The fourth-order valence-corrected chi connectivity index (χ4v) is 3.86. The van der Waals surface area contributed by atoms with Crippen LogP contribution in [0.4, 0.5) is 17.1 Å². The number of anilines is 3. The molecule has 166 valence electrons. The van der Waals surface area contributed by atoms with Gasteiger partial charge in [-0.15, -0.1) is 0 Å². The number of carbonyl (C=O) groups excluding carboxylic acids is 3. The van der Waals surface area contributed by atoms with E-state index in [2.05, 4.69) is 10.6 Å². The van der Waals surface area contributed by atoms with Crippen molar-refractivity contribution in [1.29, 1.82) is 0 Å². The summed E-state index contributed by atoms with van der Waals surface area (Å²) in [5.41, 5.74) is 3.53. The van der Waals surface area contributed by atoms with E-state index in [-0.39, 0.29) is 16.6 Å². The molecule has 1 heterocycles. The molecule has 0 atom stereocenters. The highest BCUT2D eigenvalue weighted by Crippen LogP contribution is 2.33. The Morgan fingerprint density at radius 1 is 0.848 bits per heavy atom. The van der Waals surface area contributed by atoms with Crippen LogP contribution in [0.15, 0.2) is 77.5 Å². The summed E-state index contributed by atoms with van der Waals surface area (Å²) in [6.07, 6.45) is 0. The lowest BCUT2D eigenvalue weighted by molar-refractivity contribution is -0.120. The average Bonchev–Trinajstić information content (AvgIpc) is 2.99. The van der Waals surface area contributed by atoms with Gasteiger partial charge in [0.1, 0.15) is 10.7 Å². The maximum atomic E-state index is 13.1. The second-order valence-corrected chi connectivity index (χ2v) is 8.34. The topological polar surface area (TPSA) is 78.5 Å². The van der Waals surface area contributed by atoms with E-state index in [0.717, 1.165) is 16.0 Å². The predicted octanol–water partition coefficient (Wildman–Crippen LogP) is 5.64. The van der Waals surface area contributed by atoms with Crippen LogP contribution in [-0.4, -0.2) is 17.7 Å². The fourth-order valence-electron chi connectivity index (χ4n) is 3.46. The largest absolute Gasteiger partial charge is 0.350 e. The highest BCUT2D eigenvalue weighted by molar-refractivity contribution is 6.53. The molecule has 0 saturated heterocycles. The standard InChI is InChI=1S/C25H19Cl2N3O3/c1-14-6-3-11-20(15(14)2)30-24(32)21(27)22(25(30)33)28-18-9-4-7-16(12-18)23(31)29-19-10-5-8-17(26)13-19/h3-13,28H,1-2H3,(H,29,31). The molecule has 3 aromatic carbocycles.